The Labute approximate surface area is 101 Å². The summed E-state index contributed by atoms with van der Waals surface area (Å²) in [7, 11) is 0. The lowest BCUT2D eigenvalue weighted by Gasteiger charge is -2.17. The number of likely N-dealkylation sites (tertiary alicyclic amines) is 1. The van der Waals surface area contributed by atoms with Crippen LogP contribution in [-0.2, 0) is 4.79 Å². The van der Waals surface area contributed by atoms with E-state index in [1.54, 1.807) is 30.3 Å². The lowest BCUT2D eigenvalue weighted by molar-refractivity contribution is -0.125. The highest BCUT2D eigenvalue weighted by atomic mass is 16.3. The largest absolute Gasteiger partial charge is 0.388 e. The van der Waals surface area contributed by atoms with E-state index in [4.69, 9.17) is 0 Å². The Morgan fingerprint density at radius 1 is 1.65 bits per heavy atom. The summed E-state index contributed by atoms with van der Waals surface area (Å²) in [6.45, 7) is 2.78. The zero-order valence-electron chi connectivity index (χ0n) is 9.84. The van der Waals surface area contributed by atoms with Crippen LogP contribution in [0.3, 0.4) is 0 Å². The molecule has 1 fully saturated rings. The minimum absolute atomic E-state index is 0.0633. The van der Waals surface area contributed by atoms with Crippen molar-refractivity contribution in [2.75, 3.05) is 13.1 Å². The second kappa shape index (κ2) is 4.67. The molecule has 17 heavy (non-hydrogen) atoms. The molecule has 0 radical (unpaired) electrons. The molecule has 0 spiro atoms. The van der Waals surface area contributed by atoms with Crippen molar-refractivity contribution in [1.82, 2.24) is 9.88 Å². The minimum atomic E-state index is -0.738. The van der Waals surface area contributed by atoms with Crippen LogP contribution in [-0.4, -0.2) is 39.6 Å². The van der Waals surface area contributed by atoms with Crippen LogP contribution in [0.25, 0.3) is 6.08 Å². The molecule has 4 heteroatoms. The maximum absolute atomic E-state index is 11.8. The summed E-state index contributed by atoms with van der Waals surface area (Å²) >= 11 is 0. The van der Waals surface area contributed by atoms with Gasteiger partial charge in [-0.1, -0.05) is 6.07 Å². The molecule has 0 aromatic carbocycles. The fourth-order valence-corrected chi connectivity index (χ4v) is 1.88. The molecule has 1 aliphatic heterocycles. The van der Waals surface area contributed by atoms with E-state index in [2.05, 4.69) is 4.98 Å². The van der Waals surface area contributed by atoms with Gasteiger partial charge >= 0.3 is 0 Å². The van der Waals surface area contributed by atoms with E-state index >= 15 is 0 Å². The van der Waals surface area contributed by atoms with Gasteiger partial charge in [0.2, 0.25) is 5.91 Å². The number of nitrogens with zero attached hydrogens (tertiary/aromatic N) is 2. The Morgan fingerprint density at radius 3 is 3.06 bits per heavy atom. The Kier molecular flexibility index (Phi) is 3.24. The zero-order valence-corrected chi connectivity index (χ0v) is 9.84. The minimum Gasteiger partial charge on any atom is -0.388 e. The van der Waals surface area contributed by atoms with Crippen LogP contribution >= 0.6 is 0 Å². The van der Waals surface area contributed by atoms with Crippen LogP contribution in [0.5, 0.6) is 0 Å². The maximum atomic E-state index is 11.8. The van der Waals surface area contributed by atoms with Crippen molar-refractivity contribution in [3.05, 3.63) is 36.2 Å². The second-order valence-corrected chi connectivity index (χ2v) is 4.63. The fraction of sp³-hybridized carbons (Fsp3) is 0.385. The van der Waals surface area contributed by atoms with Gasteiger partial charge in [-0.05, 0) is 31.1 Å². The summed E-state index contributed by atoms with van der Waals surface area (Å²) in [5.41, 5.74) is 0.157. The number of hydrogen-bond acceptors (Lipinski definition) is 3. The molecule has 1 amide bonds. The van der Waals surface area contributed by atoms with E-state index < -0.39 is 5.60 Å². The number of rotatable bonds is 2. The van der Waals surface area contributed by atoms with Gasteiger partial charge in [0, 0.05) is 31.6 Å². The van der Waals surface area contributed by atoms with Crippen LogP contribution in [0.4, 0.5) is 0 Å². The summed E-state index contributed by atoms with van der Waals surface area (Å²) in [4.78, 5) is 17.4. The molecule has 1 aliphatic rings. The SMILES string of the molecule is CC1(O)CCN(C(=O)/C=C/c2cccnc2)C1. The lowest BCUT2D eigenvalue weighted by atomic mass is 10.1. The number of hydrogen-bond donors (Lipinski definition) is 1. The van der Waals surface area contributed by atoms with Gasteiger partial charge in [0.05, 0.1) is 5.60 Å². The third-order valence-electron chi connectivity index (χ3n) is 2.87. The first kappa shape index (κ1) is 11.8. The number of aliphatic hydroxyl groups is 1. The zero-order chi connectivity index (χ0) is 12.3. The Balaban J connectivity index is 1.96. The third-order valence-corrected chi connectivity index (χ3v) is 2.87. The lowest BCUT2D eigenvalue weighted by Crippen LogP contribution is -2.32. The number of aromatic nitrogens is 1. The van der Waals surface area contributed by atoms with Gasteiger partial charge in [-0.2, -0.15) is 0 Å². The molecule has 1 saturated heterocycles. The van der Waals surface area contributed by atoms with E-state index in [1.807, 2.05) is 12.1 Å². The summed E-state index contributed by atoms with van der Waals surface area (Å²) in [6.07, 6.45) is 7.29. The Hall–Kier alpha value is -1.68. The summed E-state index contributed by atoms with van der Waals surface area (Å²) in [6, 6.07) is 3.71. The van der Waals surface area contributed by atoms with Crippen LogP contribution in [0.2, 0.25) is 0 Å². The average Bonchev–Trinajstić information content (AvgIpc) is 2.68. The quantitative estimate of drug-likeness (QED) is 0.776. The number of pyridine rings is 1. The van der Waals surface area contributed by atoms with E-state index in [0.717, 1.165) is 5.56 Å². The number of amides is 1. The van der Waals surface area contributed by atoms with Crippen molar-refractivity contribution in [2.45, 2.75) is 18.9 Å². The van der Waals surface area contributed by atoms with Crippen molar-refractivity contribution >= 4 is 12.0 Å². The first-order valence-electron chi connectivity index (χ1n) is 5.66. The maximum Gasteiger partial charge on any atom is 0.246 e. The molecule has 4 nitrogen and oxygen atoms in total. The fourth-order valence-electron chi connectivity index (χ4n) is 1.88. The number of carbonyl (C=O) groups is 1. The molecule has 1 atom stereocenters. The molecule has 2 rings (SSSR count). The van der Waals surface area contributed by atoms with Crippen molar-refractivity contribution in [1.29, 1.82) is 0 Å². The number of β-amino-alcohol motifs (C(OH)–C–C–N with tert-alkyl or cyclic N) is 1. The molecule has 0 aliphatic carbocycles. The first-order valence-corrected chi connectivity index (χ1v) is 5.66. The highest BCUT2D eigenvalue weighted by molar-refractivity contribution is 5.92. The molecular formula is C13H16N2O2. The molecule has 1 N–H and O–H groups in total. The van der Waals surface area contributed by atoms with Crippen molar-refractivity contribution < 1.29 is 9.90 Å². The molecule has 1 aromatic rings. The normalized spacial score (nSPS) is 24.5. The predicted molar refractivity (Wildman–Crippen MR) is 65.1 cm³/mol. The Morgan fingerprint density at radius 2 is 2.47 bits per heavy atom. The molecule has 0 bridgehead atoms. The van der Waals surface area contributed by atoms with Gasteiger partial charge in [-0.25, -0.2) is 0 Å². The van der Waals surface area contributed by atoms with Gasteiger partial charge in [0.25, 0.3) is 0 Å². The topological polar surface area (TPSA) is 53.4 Å². The highest BCUT2D eigenvalue weighted by Crippen LogP contribution is 2.20. The standard InChI is InChI=1S/C13H16N2O2/c1-13(17)6-8-15(10-13)12(16)5-4-11-3-2-7-14-9-11/h2-5,7,9,17H,6,8,10H2,1H3/b5-4+. The summed E-state index contributed by atoms with van der Waals surface area (Å²) in [5, 5.41) is 9.77. The van der Waals surface area contributed by atoms with Crippen LogP contribution in [0.1, 0.15) is 18.9 Å². The highest BCUT2D eigenvalue weighted by Gasteiger charge is 2.32. The van der Waals surface area contributed by atoms with Gasteiger partial charge in [0.15, 0.2) is 0 Å². The summed E-state index contributed by atoms with van der Waals surface area (Å²) < 4.78 is 0. The second-order valence-electron chi connectivity index (χ2n) is 4.63. The molecule has 1 aromatic heterocycles. The molecule has 90 valence electrons. The molecule has 0 saturated carbocycles. The van der Waals surface area contributed by atoms with Gasteiger partial charge in [0.1, 0.15) is 0 Å². The van der Waals surface area contributed by atoms with E-state index in [1.165, 1.54) is 6.08 Å². The average molecular weight is 232 g/mol. The van der Waals surface area contributed by atoms with Gasteiger partial charge < -0.3 is 10.0 Å². The van der Waals surface area contributed by atoms with Crippen molar-refractivity contribution in [3.63, 3.8) is 0 Å². The van der Waals surface area contributed by atoms with Crippen molar-refractivity contribution in [3.8, 4) is 0 Å². The van der Waals surface area contributed by atoms with Crippen LogP contribution in [0.15, 0.2) is 30.6 Å². The van der Waals surface area contributed by atoms with E-state index in [9.17, 15) is 9.90 Å². The van der Waals surface area contributed by atoms with Gasteiger partial charge in [-0.3, -0.25) is 9.78 Å². The predicted octanol–water partition coefficient (Wildman–Crippen LogP) is 1.08. The summed E-state index contributed by atoms with van der Waals surface area (Å²) in [5.74, 6) is -0.0633. The first-order chi connectivity index (χ1) is 8.07. The molecule has 2 heterocycles. The van der Waals surface area contributed by atoms with E-state index in [0.29, 0.717) is 19.5 Å². The molecular weight excluding hydrogens is 216 g/mol. The monoisotopic (exact) mass is 232 g/mol. The Bertz CT molecular complexity index is 426. The van der Waals surface area contributed by atoms with E-state index in [-0.39, 0.29) is 5.91 Å². The van der Waals surface area contributed by atoms with Crippen LogP contribution < -0.4 is 0 Å². The molecule has 1 unspecified atom stereocenters. The number of carbonyl (C=O) groups excluding carboxylic acids is 1. The van der Waals surface area contributed by atoms with Gasteiger partial charge in [-0.15, -0.1) is 0 Å². The third kappa shape index (κ3) is 3.14. The smallest absolute Gasteiger partial charge is 0.246 e. The van der Waals surface area contributed by atoms with Crippen molar-refractivity contribution in [2.24, 2.45) is 0 Å². The van der Waals surface area contributed by atoms with Crippen LogP contribution in [0, 0.1) is 0 Å².